The number of aliphatic hydroxyl groups excluding tert-OH is 7. The molecule has 2 fully saturated rings. The highest BCUT2D eigenvalue weighted by atomic mass is 16.7. The van der Waals surface area contributed by atoms with E-state index in [9.17, 15) is 45.3 Å². The van der Waals surface area contributed by atoms with Crippen LogP contribution in [0.3, 0.4) is 0 Å². The first-order valence-electron chi connectivity index (χ1n) is 24.8. The molecule has 15 heteroatoms. The Hall–Kier alpha value is -3.58. The third kappa shape index (κ3) is 27.0. The van der Waals surface area contributed by atoms with Gasteiger partial charge in [-0.15, -0.1) is 0 Å². The van der Waals surface area contributed by atoms with Gasteiger partial charge in [-0.1, -0.05) is 124 Å². The molecule has 0 saturated carbocycles. The summed E-state index contributed by atoms with van der Waals surface area (Å²) in [5.41, 5.74) is 0. The van der Waals surface area contributed by atoms with Crippen molar-refractivity contribution in [1.29, 1.82) is 0 Å². The number of aliphatic hydroxyl groups is 7. The Morgan fingerprint density at radius 2 is 0.882 bits per heavy atom. The van der Waals surface area contributed by atoms with Crippen molar-refractivity contribution >= 4 is 11.9 Å². The largest absolute Gasteiger partial charge is 0.462 e. The zero-order valence-corrected chi connectivity index (χ0v) is 40.5. The Balaban J connectivity index is 1.86. The minimum atomic E-state index is -1.78. The monoisotopic (exact) mass is 961 g/mol. The number of rotatable bonds is 36. The second-order valence-electron chi connectivity index (χ2n) is 16.9. The number of unbranched alkanes of at least 4 members (excludes halogenated alkanes) is 6. The summed E-state index contributed by atoms with van der Waals surface area (Å²) in [5, 5.41) is 72.0. The summed E-state index contributed by atoms with van der Waals surface area (Å²) in [4.78, 5) is 25.7. The van der Waals surface area contributed by atoms with Crippen LogP contribution in [-0.4, -0.2) is 142 Å². The first-order chi connectivity index (χ1) is 33.0. The van der Waals surface area contributed by atoms with Crippen molar-refractivity contribution in [3.8, 4) is 0 Å². The lowest BCUT2D eigenvalue weighted by molar-refractivity contribution is -0.332. The van der Waals surface area contributed by atoms with Gasteiger partial charge in [0.1, 0.15) is 55.4 Å². The van der Waals surface area contributed by atoms with Crippen LogP contribution in [0.25, 0.3) is 0 Å². The van der Waals surface area contributed by atoms with Crippen LogP contribution in [0.5, 0.6) is 0 Å². The Morgan fingerprint density at radius 3 is 1.40 bits per heavy atom. The molecule has 0 aromatic rings. The molecule has 2 rings (SSSR count). The van der Waals surface area contributed by atoms with Gasteiger partial charge in [-0.25, -0.2) is 0 Å². The lowest BCUT2D eigenvalue weighted by atomic mass is 9.98. The number of hydrogen-bond donors (Lipinski definition) is 7. The van der Waals surface area contributed by atoms with Gasteiger partial charge in [0.25, 0.3) is 0 Å². The van der Waals surface area contributed by atoms with Crippen molar-refractivity contribution in [3.05, 3.63) is 97.2 Å². The fourth-order valence-electron chi connectivity index (χ4n) is 7.02. The molecule has 0 spiro atoms. The summed E-state index contributed by atoms with van der Waals surface area (Å²) in [6, 6.07) is 0. The van der Waals surface area contributed by atoms with Gasteiger partial charge in [0.05, 0.1) is 19.8 Å². The molecule has 2 aliphatic rings. The van der Waals surface area contributed by atoms with Gasteiger partial charge in [0, 0.05) is 12.8 Å². The van der Waals surface area contributed by atoms with E-state index in [4.69, 9.17) is 28.4 Å². The normalized spacial score (nSPS) is 26.6. The standard InChI is InChI=1S/C53H84O15/c1-3-5-7-9-11-13-15-17-19-20-22-24-26-28-30-32-34-36-45(56)66-41(38-63-44(55)35-33-31-29-27-25-23-21-18-16-14-12-10-8-6-4-2)39-64-52-51(62)49(60)47(58)43(68-52)40-65-53-50(61)48(59)46(57)42(37-54)67-53/h5-8,11-14,17-19,21-22,24-25,27,41-43,46-54,57-62H,3-4,9-10,15-16,20,23,26,28-40H2,1-2H3/b7-5-,8-6-,13-11-,14-12-,19-17-,21-18-,24-22-,27-25-. The van der Waals surface area contributed by atoms with E-state index < -0.39 is 99.3 Å². The predicted molar refractivity (Wildman–Crippen MR) is 261 cm³/mol. The van der Waals surface area contributed by atoms with Crippen molar-refractivity contribution in [2.24, 2.45) is 0 Å². The van der Waals surface area contributed by atoms with Crippen molar-refractivity contribution in [2.75, 3.05) is 26.4 Å². The van der Waals surface area contributed by atoms with Crippen LogP contribution in [0.4, 0.5) is 0 Å². The molecule has 11 unspecified atom stereocenters. The fraction of sp³-hybridized carbons (Fsp3) is 0.660. The van der Waals surface area contributed by atoms with E-state index in [1.807, 2.05) is 0 Å². The zero-order valence-electron chi connectivity index (χ0n) is 40.5. The summed E-state index contributed by atoms with van der Waals surface area (Å²) in [5.74, 6) is -1.01. The minimum Gasteiger partial charge on any atom is -0.462 e. The molecule has 2 saturated heterocycles. The first kappa shape index (κ1) is 60.5. The van der Waals surface area contributed by atoms with E-state index in [0.717, 1.165) is 89.9 Å². The highest BCUT2D eigenvalue weighted by Crippen LogP contribution is 2.26. The quantitative estimate of drug-likeness (QED) is 0.0200. The number of carbonyl (C=O) groups excluding carboxylic acids is 2. The van der Waals surface area contributed by atoms with Gasteiger partial charge in [-0.2, -0.15) is 0 Å². The van der Waals surface area contributed by atoms with Gasteiger partial charge in [-0.3, -0.25) is 9.59 Å². The number of esters is 2. The van der Waals surface area contributed by atoms with Gasteiger partial charge >= 0.3 is 11.9 Å². The van der Waals surface area contributed by atoms with Crippen molar-refractivity contribution in [3.63, 3.8) is 0 Å². The predicted octanol–water partition coefficient (Wildman–Crippen LogP) is 6.59. The van der Waals surface area contributed by atoms with Crippen LogP contribution in [0.15, 0.2) is 97.2 Å². The van der Waals surface area contributed by atoms with E-state index in [2.05, 4.69) is 111 Å². The van der Waals surface area contributed by atoms with Crippen molar-refractivity contribution < 1.29 is 73.8 Å². The summed E-state index contributed by atoms with van der Waals surface area (Å²) in [6.45, 7) is 2.26. The van der Waals surface area contributed by atoms with Crippen LogP contribution >= 0.6 is 0 Å². The summed E-state index contributed by atoms with van der Waals surface area (Å²) in [6.07, 6.45) is 31.5. The molecule has 0 bridgehead atoms. The maximum atomic E-state index is 13.0. The average molecular weight is 961 g/mol. The molecule has 0 aromatic heterocycles. The van der Waals surface area contributed by atoms with Crippen LogP contribution < -0.4 is 0 Å². The lowest BCUT2D eigenvalue weighted by Gasteiger charge is -2.42. The fourth-order valence-corrected chi connectivity index (χ4v) is 7.02. The molecule has 7 N–H and O–H groups in total. The number of hydrogen-bond acceptors (Lipinski definition) is 15. The molecule has 11 atom stereocenters. The van der Waals surface area contributed by atoms with E-state index >= 15 is 0 Å². The van der Waals surface area contributed by atoms with Gasteiger partial charge in [0.15, 0.2) is 18.7 Å². The van der Waals surface area contributed by atoms with Crippen LogP contribution in [0.2, 0.25) is 0 Å². The van der Waals surface area contributed by atoms with E-state index in [1.54, 1.807) is 0 Å². The second kappa shape index (κ2) is 39.2. The van der Waals surface area contributed by atoms with E-state index in [1.165, 1.54) is 0 Å². The smallest absolute Gasteiger partial charge is 0.306 e. The summed E-state index contributed by atoms with van der Waals surface area (Å²) < 4.78 is 33.5. The third-order valence-corrected chi connectivity index (χ3v) is 11.1. The molecule has 0 aromatic carbocycles. The molecular weight excluding hydrogens is 877 g/mol. The molecule has 386 valence electrons. The Morgan fingerprint density at radius 1 is 0.471 bits per heavy atom. The second-order valence-corrected chi connectivity index (χ2v) is 16.9. The summed E-state index contributed by atoms with van der Waals surface area (Å²) >= 11 is 0. The molecule has 0 radical (unpaired) electrons. The van der Waals surface area contributed by atoms with Gasteiger partial charge in [0.2, 0.25) is 0 Å². The van der Waals surface area contributed by atoms with E-state index in [0.29, 0.717) is 12.8 Å². The molecular formula is C53H84O15. The average Bonchev–Trinajstić information content (AvgIpc) is 3.33. The minimum absolute atomic E-state index is 0.122. The van der Waals surface area contributed by atoms with E-state index in [-0.39, 0.29) is 19.4 Å². The number of carbonyl (C=O) groups is 2. The van der Waals surface area contributed by atoms with Gasteiger partial charge < -0.3 is 64.2 Å². The number of ether oxygens (including phenoxy) is 6. The Kier molecular flexibility index (Phi) is 34.9. The van der Waals surface area contributed by atoms with Crippen molar-refractivity contribution in [2.45, 2.75) is 197 Å². The first-order valence-corrected chi connectivity index (χ1v) is 24.8. The Labute approximate surface area is 405 Å². The summed E-state index contributed by atoms with van der Waals surface area (Å²) in [7, 11) is 0. The highest BCUT2D eigenvalue weighted by Gasteiger charge is 2.47. The Bertz CT molecular complexity index is 1550. The topological polar surface area (TPSA) is 231 Å². The maximum absolute atomic E-state index is 13.0. The molecule has 2 aliphatic heterocycles. The molecule has 2 heterocycles. The third-order valence-electron chi connectivity index (χ3n) is 11.1. The highest BCUT2D eigenvalue weighted by molar-refractivity contribution is 5.70. The molecule has 68 heavy (non-hydrogen) atoms. The zero-order chi connectivity index (χ0) is 49.6. The van der Waals surface area contributed by atoms with Crippen molar-refractivity contribution in [1.82, 2.24) is 0 Å². The lowest BCUT2D eigenvalue weighted by Crippen LogP contribution is -2.61. The molecule has 15 nitrogen and oxygen atoms in total. The van der Waals surface area contributed by atoms with Crippen LogP contribution in [0.1, 0.15) is 129 Å². The maximum Gasteiger partial charge on any atom is 0.306 e. The SMILES string of the molecule is CC/C=C\C/C=C\C/C=C\C/C=C\CCCCCCC(=O)OC(COC(=O)CCCC/C=C\C/C=C\C/C=C\C/C=C\CC)COC1OC(COC2OC(CO)C(O)C(O)C2O)C(O)C(O)C1O. The van der Waals surface area contributed by atoms with Crippen LogP contribution in [-0.2, 0) is 38.0 Å². The van der Waals surface area contributed by atoms with Crippen LogP contribution in [0, 0.1) is 0 Å². The van der Waals surface area contributed by atoms with Gasteiger partial charge in [-0.05, 0) is 89.9 Å². The molecule has 0 amide bonds. The number of allylic oxidation sites excluding steroid dienone is 16. The molecule has 0 aliphatic carbocycles.